The van der Waals surface area contributed by atoms with Crippen LogP contribution >= 0.6 is 12.2 Å². The molecule has 1 aromatic rings. The molecule has 1 aliphatic carbocycles. The Labute approximate surface area is 133 Å². The first kappa shape index (κ1) is 16.2. The van der Waals surface area contributed by atoms with Gasteiger partial charge in [0.1, 0.15) is 10.7 Å². The SMILES string of the molecule is COc1cc(CN(C)C2CCCCC2C)ccc1C(N)=S. The standard InChI is InChI=1S/C17H26N2OS/c1-12-6-4-5-7-15(12)19(2)11-13-8-9-14(17(18)21)16(10-13)20-3/h8-10,12,15H,4-7,11H2,1-3H3,(H2,18,21). The summed E-state index contributed by atoms with van der Waals surface area (Å²) in [4.78, 5) is 2.85. The van der Waals surface area contributed by atoms with Gasteiger partial charge in [-0.3, -0.25) is 4.90 Å². The average molecular weight is 306 g/mol. The first-order valence-corrected chi connectivity index (χ1v) is 8.10. The van der Waals surface area contributed by atoms with Crippen LogP contribution in [0.1, 0.15) is 43.7 Å². The van der Waals surface area contributed by atoms with Crippen LogP contribution in [0.25, 0.3) is 0 Å². The molecule has 116 valence electrons. The molecule has 0 bridgehead atoms. The van der Waals surface area contributed by atoms with E-state index in [1.54, 1.807) is 7.11 Å². The molecule has 0 radical (unpaired) electrons. The molecule has 0 amide bonds. The fourth-order valence-corrected chi connectivity index (χ4v) is 3.56. The second-order valence-electron chi connectivity index (χ2n) is 6.14. The molecule has 3 nitrogen and oxygen atoms in total. The zero-order valence-electron chi connectivity index (χ0n) is 13.3. The van der Waals surface area contributed by atoms with Gasteiger partial charge in [-0.05, 0) is 43.5 Å². The van der Waals surface area contributed by atoms with Crippen LogP contribution in [0.3, 0.4) is 0 Å². The third kappa shape index (κ3) is 3.95. The van der Waals surface area contributed by atoms with Crippen LogP contribution in [0.5, 0.6) is 5.75 Å². The lowest BCUT2D eigenvalue weighted by atomic mass is 9.85. The quantitative estimate of drug-likeness (QED) is 0.847. The van der Waals surface area contributed by atoms with Crippen molar-refractivity contribution in [2.24, 2.45) is 11.7 Å². The van der Waals surface area contributed by atoms with Gasteiger partial charge in [-0.15, -0.1) is 0 Å². The summed E-state index contributed by atoms with van der Waals surface area (Å²) in [5.41, 5.74) is 7.77. The van der Waals surface area contributed by atoms with Gasteiger partial charge in [0, 0.05) is 12.6 Å². The zero-order valence-corrected chi connectivity index (χ0v) is 14.1. The predicted molar refractivity (Wildman–Crippen MR) is 91.8 cm³/mol. The maximum absolute atomic E-state index is 5.72. The third-order valence-electron chi connectivity index (χ3n) is 4.60. The first-order chi connectivity index (χ1) is 10.0. The average Bonchev–Trinajstić information content (AvgIpc) is 2.47. The number of nitrogens with two attached hydrogens (primary N) is 1. The van der Waals surface area contributed by atoms with E-state index in [9.17, 15) is 0 Å². The lowest BCUT2D eigenvalue weighted by Gasteiger charge is -2.36. The molecule has 4 heteroatoms. The van der Waals surface area contributed by atoms with Gasteiger partial charge in [0.05, 0.1) is 12.7 Å². The molecule has 2 atom stereocenters. The maximum Gasteiger partial charge on any atom is 0.129 e. The van der Waals surface area contributed by atoms with Crippen molar-refractivity contribution in [1.29, 1.82) is 0 Å². The fourth-order valence-electron chi connectivity index (χ4n) is 3.39. The molecule has 0 heterocycles. The molecule has 2 N–H and O–H groups in total. The summed E-state index contributed by atoms with van der Waals surface area (Å²) in [6.07, 6.45) is 5.38. The van der Waals surface area contributed by atoms with Crippen molar-refractivity contribution >= 4 is 17.2 Å². The van der Waals surface area contributed by atoms with Gasteiger partial charge in [-0.1, -0.05) is 38.0 Å². The van der Waals surface area contributed by atoms with E-state index in [1.807, 2.05) is 6.07 Å². The Hall–Kier alpha value is -1.13. The van der Waals surface area contributed by atoms with Crippen molar-refractivity contribution in [3.05, 3.63) is 29.3 Å². The summed E-state index contributed by atoms with van der Waals surface area (Å²) in [5.74, 6) is 1.55. The normalized spacial score (nSPS) is 22.3. The molecule has 1 aromatic carbocycles. The van der Waals surface area contributed by atoms with E-state index in [0.29, 0.717) is 11.0 Å². The van der Waals surface area contributed by atoms with Crippen molar-refractivity contribution in [3.63, 3.8) is 0 Å². The van der Waals surface area contributed by atoms with E-state index in [4.69, 9.17) is 22.7 Å². The summed E-state index contributed by atoms with van der Waals surface area (Å²) >= 11 is 5.05. The number of ether oxygens (including phenoxy) is 1. The van der Waals surface area contributed by atoms with Gasteiger partial charge >= 0.3 is 0 Å². The minimum atomic E-state index is 0.382. The first-order valence-electron chi connectivity index (χ1n) is 7.70. The van der Waals surface area contributed by atoms with E-state index >= 15 is 0 Å². The summed E-state index contributed by atoms with van der Waals surface area (Å²) in [6, 6.07) is 6.80. The summed E-state index contributed by atoms with van der Waals surface area (Å²) < 4.78 is 5.41. The van der Waals surface area contributed by atoms with Crippen molar-refractivity contribution in [1.82, 2.24) is 4.90 Å². The molecule has 0 saturated heterocycles. The fraction of sp³-hybridized carbons (Fsp3) is 0.588. The molecule has 1 aliphatic rings. The molecular weight excluding hydrogens is 280 g/mol. The summed E-state index contributed by atoms with van der Waals surface area (Å²) in [6.45, 7) is 3.31. The topological polar surface area (TPSA) is 38.5 Å². The van der Waals surface area contributed by atoms with Gasteiger partial charge in [0.15, 0.2) is 0 Å². The van der Waals surface area contributed by atoms with Crippen LogP contribution in [0, 0.1) is 5.92 Å². The largest absolute Gasteiger partial charge is 0.496 e. The number of methoxy groups -OCH3 is 1. The number of benzene rings is 1. The Morgan fingerprint density at radius 2 is 2.10 bits per heavy atom. The maximum atomic E-state index is 5.72. The van der Waals surface area contributed by atoms with Crippen molar-refractivity contribution in [2.45, 2.75) is 45.2 Å². The van der Waals surface area contributed by atoms with Crippen LogP contribution in [0.2, 0.25) is 0 Å². The van der Waals surface area contributed by atoms with Crippen molar-refractivity contribution in [3.8, 4) is 5.75 Å². The predicted octanol–water partition coefficient (Wildman–Crippen LogP) is 3.34. The van der Waals surface area contributed by atoms with Gasteiger partial charge in [0.2, 0.25) is 0 Å². The van der Waals surface area contributed by atoms with E-state index in [2.05, 4.69) is 31.0 Å². The second kappa shape index (κ2) is 7.23. The van der Waals surface area contributed by atoms with E-state index in [-0.39, 0.29) is 0 Å². The molecule has 0 spiro atoms. The number of rotatable bonds is 5. The lowest BCUT2D eigenvalue weighted by Crippen LogP contribution is -2.38. The minimum absolute atomic E-state index is 0.382. The Morgan fingerprint density at radius 1 is 1.38 bits per heavy atom. The molecule has 2 rings (SSSR count). The monoisotopic (exact) mass is 306 g/mol. The smallest absolute Gasteiger partial charge is 0.129 e. The molecule has 1 fully saturated rings. The van der Waals surface area contributed by atoms with Crippen LogP contribution in [0.15, 0.2) is 18.2 Å². The second-order valence-corrected chi connectivity index (χ2v) is 6.58. The van der Waals surface area contributed by atoms with Crippen LogP contribution < -0.4 is 10.5 Å². The van der Waals surface area contributed by atoms with E-state index in [0.717, 1.165) is 23.8 Å². The summed E-state index contributed by atoms with van der Waals surface area (Å²) in [7, 11) is 3.88. The van der Waals surface area contributed by atoms with Gasteiger partial charge in [-0.25, -0.2) is 0 Å². The van der Waals surface area contributed by atoms with E-state index in [1.165, 1.54) is 31.2 Å². The third-order valence-corrected chi connectivity index (χ3v) is 4.82. The Morgan fingerprint density at radius 3 is 2.71 bits per heavy atom. The Bertz CT molecular complexity index is 504. The highest BCUT2D eigenvalue weighted by molar-refractivity contribution is 7.80. The number of nitrogens with zero attached hydrogens (tertiary/aromatic N) is 1. The number of hydrogen-bond donors (Lipinski definition) is 1. The van der Waals surface area contributed by atoms with Gasteiger partial charge < -0.3 is 10.5 Å². The number of thiocarbonyl (C=S) groups is 1. The summed E-state index contributed by atoms with van der Waals surface area (Å²) in [5, 5.41) is 0. The number of hydrogen-bond acceptors (Lipinski definition) is 3. The van der Waals surface area contributed by atoms with Crippen LogP contribution in [-0.4, -0.2) is 30.1 Å². The van der Waals surface area contributed by atoms with Crippen LogP contribution in [0.4, 0.5) is 0 Å². The highest BCUT2D eigenvalue weighted by atomic mass is 32.1. The van der Waals surface area contributed by atoms with E-state index < -0.39 is 0 Å². The van der Waals surface area contributed by atoms with Gasteiger partial charge in [0.25, 0.3) is 0 Å². The lowest BCUT2D eigenvalue weighted by molar-refractivity contribution is 0.133. The molecule has 0 aliphatic heterocycles. The van der Waals surface area contributed by atoms with Crippen molar-refractivity contribution < 1.29 is 4.74 Å². The van der Waals surface area contributed by atoms with Crippen molar-refractivity contribution in [2.75, 3.05) is 14.2 Å². The zero-order chi connectivity index (χ0) is 15.4. The Kier molecular flexibility index (Phi) is 5.59. The highest BCUT2D eigenvalue weighted by Gasteiger charge is 2.24. The Balaban J connectivity index is 2.10. The molecular formula is C17H26N2OS. The molecule has 2 unspecified atom stereocenters. The van der Waals surface area contributed by atoms with Crippen LogP contribution in [-0.2, 0) is 6.54 Å². The molecule has 1 saturated carbocycles. The minimum Gasteiger partial charge on any atom is -0.496 e. The highest BCUT2D eigenvalue weighted by Crippen LogP contribution is 2.29. The molecule has 21 heavy (non-hydrogen) atoms. The molecule has 0 aromatic heterocycles. The van der Waals surface area contributed by atoms with Gasteiger partial charge in [-0.2, -0.15) is 0 Å².